The van der Waals surface area contributed by atoms with Crippen molar-refractivity contribution in [2.75, 3.05) is 11.9 Å². The van der Waals surface area contributed by atoms with Crippen molar-refractivity contribution in [3.63, 3.8) is 0 Å². The van der Waals surface area contributed by atoms with Crippen LogP contribution in [0.2, 0.25) is 0 Å². The third-order valence-electron chi connectivity index (χ3n) is 4.57. The van der Waals surface area contributed by atoms with Gasteiger partial charge in [0.1, 0.15) is 11.9 Å². The predicted octanol–water partition coefficient (Wildman–Crippen LogP) is 3.54. The Morgan fingerprint density at radius 2 is 1.96 bits per heavy atom. The van der Waals surface area contributed by atoms with Crippen LogP contribution in [0.3, 0.4) is 0 Å². The number of allylic oxidation sites excluding steroid dienone is 1. The van der Waals surface area contributed by atoms with Gasteiger partial charge in [0.25, 0.3) is 5.91 Å². The zero-order valence-corrected chi connectivity index (χ0v) is 15.3. The lowest BCUT2D eigenvalue weighted by Crippen LogP contribution is -2.23. The van der Waals surface area contributed by atoms with Crippen LogP contribution >= 0.6 is 0 Å². The highest BCUT2D eigenvalue weighted by Gasteiger charge is 2.26. The van der Waals surface area contributed by atoms with E-state index >= 15 is 0 Å². The zero-order valence-electron chi connectivity index (χ0n) is 15.3. The second-order valence-corrected chi connectivity index (χ2v) is 6.73. The van der Waals surface area contributed by atoms with Crippen LogP contribution in [0.25, 0.3) is 0 Å². The van der Waals surface area contributed by atoms with Gasteiger partial charge in [-0.25, -0.2) is 4.79 Å². The number of hydrogen-bond donors (Lipinski definition) is 1. The van der Waals surface area contributed by atoms with Gasteiger partial charge in [0.2, 0.25) is 0 Å². The molecule has 1 heterocycles. The molecule has 1 fully saturated rings. The number of rotatable bonds is 5. The van der Waals surface area contributed by atoms with Crippen molar-refractivity contribution in [3.8, 4) is 6.07 Å². The van der Waals surface area contributed by atoms with Gasteiger partial charge in [-0.15, -0.1) is 0 Å². The number of carbonyl (C=O) groups excluding carboxylic acids is 2. The maximum Gasteiger partial charge on any atom is 0.331 e. The average molecular weight is 343 g/mol. The van der Waals surface area contributed by atoms with Crippen molar-refractivity contribution in [2.45, 2.75) is 59.4 Å². The fraction of sp³-hybridized carbons (Fsp3) is 0.526. The summed E-state index contributed by atoms with van der Waals surface area (Å²) >= 11 is 0. The van der Waals surface area contributed by atoms with E-state index in [1.165, 1.54) is 6.08 Å². The summed E-state index contributed by atoms with van der Waals surface area (Å²) in [7, 11) is 0. The molecule has 1 N–H and O–H groups in total. The third-order valence-corrected chi connectivity index (χ3v) is 4.57. The largest absolute Gasteiger partial charge is 0.452 e. The number of esters is 1. The smallest absolute Gasteiger partial charge is 0.331 e. The molecule has 0 aromatic carbocycles. The van der Waals surface area contributed by atoms with Crippen molar-refractivity contribution in [3.05, 3.63) is 28.5 Å². The van der Waals surface area contributed by atoms with Gasteiger partial charge in [-0.05, 0) is 46.1 Å². The molecular weight excluding hydrogens is 318 g/mol. The molecular formula is C19H25N3O3. The van der Waals surface area contributed by atoms with Gasteiger partial charge in [-0.1, -0.05) is 18.4 Å². The molecule has 0 saturated heterocycles. The van der Waals surface area contributed by atoms with Crippen molar-refractivity contribution < 1.29 is 14.3 Å². The molecule has 0 radical (unpaired) electrons. The first kappa shape index (κ1) is 18.8. The van der Waals surface area contributed by atoms with E-state index in [1.807, 2.05) is 13.8 Å². The van der Waals surface area contributed by atoms with Gasteiger partial charge in [-0.2, -0.15) is 5.26 Å². The SMILES string of the molecule is CC(C)=CC(=O)OCC(=O)Nc1c(C#N)c(C)c(C)n1C1CCCC1. The summed E-state index contributed by atoms with van der Waals surface area (Å²) in [6.45, 7) is 7.05. The number of ether oxygens (including phenoxy) is 1. The monoisotopic (exact) mass is 343 g/mol. The van der Waals surface area contributed by atoms with Crippen LogP contribution in [0, 0.1) is 25.2 Å². The first-order valence-electron chi connectivity index (χ1n) is 8.58. The Morgan fingerprint density at radius 1 is 1.32 bits per heavy atom. The molecule has 0 bridgehead atoms. The molecule has 134 valence electrons. The number of aromatic nitrogens is 1. The quantitative estimate of drug-likeness (QED) is 0.654. The lowest BCUT2D eigenvalue weighted by Gasteiger charge is -2.19. The summed E-state index contributed by atoms with van der Waals surface area (Å²) in [5.74, 6) is -0.467. The van der Waals surface area contributed by atoms with Gasteiger partial charge in [0, 0.05) is 17.8 Å². The maximum absolute atomic E-state index is 12.2. The number of carbonyl (C=O) groups is 2. The summed E-state index contributed by atoms with van der Waals surface area (Å²) in [6.07, 6.45) is 5.72. The van der Waals surface area contributed by atoms with E-state index in [9.17, 15) is 14.9 Å². The fourth-order valence-electron chi connectivity index (χ4n) is 3.29. The van der Waals surface area contributed by atoms with Gasteiger partial charge in [0.15, 0.2) is 6.61 Å². The topological polar surface area (TPSA) is 84.1 Å². The number of anilines is 1. The minimum absolute atomic E-state index is 0.296. The van der Waals surface area contributed by atoms with E-state index in [-0.39, 0.29) is 6.61 Å². The Bertz CT molecular complexity index is 743. The zero-order chi connectivity index (χ0) is 18.6. The van der Waals surface area contributed by atoms with Crippen LogP contribution in [-0.2, 0) is 14.3 Å². The first-order valence-corrected chi connectivity index (χ1v) is 8.58. The van der Waals surface area contributed by atoms with Crippen LogP contribution in [0.5, 0.6) is 0 Å². The summed E-state index contributed by atoms with van der Waals surface area (Å²) in [6, 6.07) is 2.49. The molecule has 0 aliphatic heterocycles. The number of nitriles is 1. The Morgan fingerprint density at radius 3 is 2.52 bits per heavy atom. The summed E-state index contributed by atoms with van der Waals surface area (Å²) in [4.78, 5) is 23.8. The van der Waals surface area contributed by atoms with Crippen molar-refractivity contribution >= 4 is 17.7 Å². The summed E-state index contributed by atoms with van der Waals surface area (Å²) in [5.41, 5.74) is 3.17. The lowest BCUT2D eigenvalue weighted by atomic mass is 10.2. The first-order chi connectivity index (χ1) is 11.8. The number of hydrogen-bond acceptors (Lipinski definition) is 4. The number of nitrogens with zero attached hydrogens (tertiary/aromatic N) is 2. The fourth-order valence-corrected chi connectivity index (χ4v) is 3.29. The number of amides is 1. The molecule has 1 aromatic rings. The van der Waals surface area contributed by atoms with E-state index in [4.69, 9.17) is 4.74 Å². The molecule has 2 rings (SSSR count). The molecule has 1 aliphatic rings. The molecule has 1 aliphatic carbocycles. The van der Waals surface area contributed by atoms with Crippen LogP contribution in [0.1, 0.15) is 62.4 Å². The lowest BCUT2D eigenvalue weighted by molar-refractivity contribution is -0.142. The molecule has 6 nitrogen and oxygen atoms in total. The molecule has 6 heteroatoms. The van der Waals surface area contributed by atoms with Gasteiger partial charge >= 0.3 is 5.97 Å². The van der Waals surface area contributed by atoms with Crippen molar-refractivity contribution in [1.82, 2.24) is 4.57 Å². The molecule has 1 amide bonds. The van der Waals surface area contributed by atoms with Crippen LogP contribution in [0.4, 0.5) is 5.82 Å². The second-order valence-electron chi connectivity index (χ2n) is 6.73. The summed E-state index contributed by atoms with van der Waals surface area (Å²) < 4.78 is 7.01. The number of nitrogens with one attached hydrogen (secondary N) is 1. The highest BCUT2D eigenvalue weighted by atomic mass is 16.5. The van der Waals surface area contributed by atoms with Gasteiger partial charge in [0.05, 0.1) is 5.56 Å². The second kappa shape index (κ2) is 8.02. The van der Waals surface area contributed by atoms with Crippen molar-refractivity contribution in [2.24, 2.45) is 0 Å². The Balaban J connectivity index is 2.19. The summed E-state index contributed by atoms with van der Waals surface area (Å²) in [5, 5.41) is 12.3. The normalized spacial score (nSPS) is 14.0. The van der Waals surface area contributed by atoms with E-state index in [0.29, 0.717) is 17.4 Å². The Kier molecular flexibility index (Phi) is 6.02. The highest BCUT2D eigenvalue weighted by molar-refractivity contribution is 5.94. The van der Waals surface area contributed by atoms with E-state index < -0.39 is 11.9 Å². The standard InChI is InChI=1S/C19H25N3O3/c1-12(2)9-18(24)25-11-17(23)21-19-16(10-20)13(3)14(4)22(19)15-7-5-6-8-15/h9,15H,5-8,11H2,1-4H3,(H,21,23). The predicted molar refractivity (Wildman–Crippen MR) is 95.1 cm³/mol. The minimum Gasteiger partial charge on any atom is -0.452 e. The Hall–Kier alpha value is -2.55. The third kappa shape index (κ3) is 4.30. The molecule has 0 spiro atoms. The molecule has 25 heavy (non-hydrogen) atoms. The minimum atomic E-state index is -0.547. The van der Waals surface area contributed by atoms with E-state index in [2.05, 4.69) is 16.0 Å². The molecule has 0 unspecified atom stereocenters. The van der Waals surface area contributed by atoms with Crippen LogP contribution < -0.4 is 5.32 Å². The van der Waals surface area contributed by atoms with Gasteiger partial charge < -0.3 is 14.6 Å². The van der Waals surface area contributed by atoms with Crippen LogP contribution in [0.15, 0.2) is 11.6 Å². The molecule has 0 atom stereocenters. The van der Waals surface area contributed by atoms with Gasteiger partial charge in [-0.3, -0.25) is 4.79 Å². The molecule has 1 aromatic heterocycles. The van der Waals surface area contributed by atoms with E-state index in [1.54, 1.807) is 13.8 Å². The average Bonchev–Trinajstić information content (AvgIpc) is 3.13. The maximum atomic E-state index is 12.2. The Labute approximate surface area is 148 Å². The molecule has 1 saturated carbocycles. The van der Waals surface area contributed by atoms with E-state index in [0.717, 1.165) is 42.5 Å². The van der Waals surface area contributed by atoms with Crippen molar-refractivity contribution in [1.29, 1.82) is 5.26 Å². The highest BCUT2D eigenvalue weighted by Crippen LogP contribution is 2.37. The van der Waals surface area contributed by atoms with Crippen LogP contribution in [-0.4, -0.2) is 23.1 Å².